The van der Waals surface area contributed by atoms with Crippen LogP contribution in [-0.2, 0) is 13.0 Å². The molecule has 0 N–H and O–H groups in total. The highest BCUT2D eigenvalue weighted by molar-refractivity contribution is 6.29. The number of benzene rings is 1. The van der Waals surface area contributed by atoms with Crippen LogP contribution in [0, 0.1) is 0 Å². The summed E-state index contributed by atoms with van der Waals surface area (Å²) in [6.45, 7) is 0.482. The van der Waals surface area contributed by atoms with Gasteiger partial charge in [0.05, 0.1) is 6.54 Å². The van der Waals surface area contributed by atoms with Crippen LogP contribution in [0.3, 0.4) is 0 Å². The van der Waals surface area contributed by atoms with Crippen molar-refractivity contribution in [2.75, 3.05) is 0 Å². The predicted molar refractivity (Wildman–Crippen MR) is 68.1 cm³/mol. The van der Waals surface area contributed by atoms with E-state index < -0.39 is 0 Å². The number of fused-ring (bicyclic) bond motifs is 1. The zero-order chi connectivity index (χ0) is 12.5. The van der Waals surface area contributed by atoms with Crippen molar-refractivity contribution in [3.8, 4) is 5.75 Å². The van der Waals surface area contributed by atoms with Crippen molar-refractivity contribution in [3.63, 3.8) is 0 Å². The smallest absolute Gasteiger partial charge is 0.288 e. The van der Waals surface area contributed by atoms with E-state index in [1.807, 2.05) is 24.3 Å². The van der Waals surface area contributed by atoms with Gasteiger partial charge in [-0.2, -0.15) is 0 Å². The molecule has 0 saturated heterocycles. The first-order valence-corrected chi connectivity index (χ1v) is 6.07. The van der Waals surface area contributed by atoms with Crippen molar-refractivity contribution in [3.05, 3.63) is 57.7 Å². The lowest BCUT2D eigenvalue weighted by Gasteiger charge is -2.12. The Morgan fingerprint density at radius 1 is 1.44 bits per heavy atom. The zero-order valence-electron chi connectivity index (χ0n) is 9.54. The van der Waals surface area contributed by atoms with Crippen molar-refractivity contribution < 1.29 is 4.74 Å². The minimum Gasteiger partial charge on any atom is -0.488 e. The predicted octanol–water partition coefficient (Wildman–Crippen LogP) is 1.90. The first kappa shape index (κ1) is 11.3. The molecule has 0 aliphatic carbocycles. The maximum absolute atomic E-state index is 11.7. The van der Waals surface area contributed by atoms with Gasteiger partial charge in [0.15, 0.2) is 5.15 Å². The van der Waals surface area contributed by atoms with Gasteiger partial charge in [0.2, 0.25) is 0 Å². The lowest BCUT2D eigenvalue weighted by molar-refractivity contribution is 0.207. The normalized spacial score (nSPS) is 17.3. The number of hydrogen-bond donors (Lipinski definition) is 0. The number of para-hydroxylation sites is 1. The Balaban J connectivity index is 1.80. The first-order chi connectivity index (χ1) is 8.74. The summed E-state index contributed by atoms with van der Waals surface area (Å²) in [5, 5.41) is -0.00647. The third-order valence-electron chi connectivity index (χ3n) is 2.99. The number of hydrogen-bond acceptors (Lipinski definition) is 3. The molecule has 3 rings (SSSR count). The molecule has 0 fully saturated rings. The lowest BCUT2D eigenvalue weighted by atomic mass is 10.1. The fraction of sp³-hybridized carbons (Fsp3) is 0.231. The summed E-state index contributed by atoms with van der Waals surface area (Å²) in [5.74, 6) is 0.899. The topological polar surface area (TPSA) is 44.1 Å². The van der Waals surface area contributed by atoms with E-state index >= 15 is 0 Å². The molecule has 4 nitrogen and oxygen atoms in total. The van der Waals surface area contributed by atoms with Gasteiger partial charge in [-0.25, -0.2) is 4.98 Å². The molecular formula is C13H11ClN2O2. The minimum absolute atomic E-state index is 0.00647. The summed E-state index contributed by atoms with van der Waals surface area (Å²) in [4.78, 5) is 15.5. The Morgan fingerprint density at radius 3 is 3.11 bits per heavy atom. The molecule has 1 aliphatic heterocycles. The van der Waals surface area contributed by atoms with E-state index in [-0.39, 0.29) is 16.8 Å². The lowest BCUT2D eigenvalue weighted by Crippen LogP contribution is -2.29. The van der Waals surface area contributed by atoms with Crippen molar-refractivity contribution in [2.45, 2.75) is 19.1 Å². The molecule has 1 aliphatic rings. The molecule has 1 aromatic heterocycles. The molecule has 2 aromatic rings. The van der Waals surface area contributed by atoms with Crippen LogP contribution in [0.4, 0.5) is 0 Å². The van der Waals surface area contributed by atoms with Crippen molar-refractivity contribution >= 4 is 11.6 Å². The summed E-state index contributed by atoms with van der Waals surface area (Å²) in [6, 6.07) is 7.91. The highest BCUT2D eigenvalue weighted by atomic mass is 35.5. The number of ether oxygens (including phenoxy) is 1. The second-order valence-electron chi connectivity index (χ2n) is 4.23. The second-order valence-corrected chi connectivity index (χ2v) is 4.59. The van der Waals surface area contributed by atoms with Gasteiger partial charge in [-0.3, -0.25) is 4.79 Å². The van der Waals surface area contributed by atoms with Crippen LogP contribution in [0.2, 0.25) is 5.15 Å². The van der Waals surface area contributed by atoms with Gasteiger partial charge in [-0.15, -0.1) is 0 Å². The highest BCUT2D eigenvalue weighted by Gasteiger charge is 2.23. The summed E-state index contributed by atoms with van der Waals surface area (Å²) in [6.07, 6.45) is 3.92. The third kappa shape index (κ3) is 1.99. The van der Waals surface area contributed by atoms with E-state index in [0.717, 1.165) is 12.2 Å². The van der Waals surface area contributed by atoms with Crippen LogP contribution in [0.25, 0.3) is 0 Å². The van der Waals surface area contributed by atoms with Gasteiger partial charge in [0.25, 0.3) is 5.56 Å². The van der Waals surface area contributed by atoms with Gasteiger partial charge in [-0.1, -0.05) is 29.8 Å². The molecule has 0 saturated carbocycles. The molecule has 1 unspecified atom stereocenters. The minimum atomic E-state index is -0.279. The van der Waals surface area contributed by atoms with E-state index in [1.54, 1.807) is 6.20 Å². The summed E-state index contributed by atoms with van der Waals surface area (Å²) in [5.41, 5.74) is 0.898. The Hall–Kier alpha value is -1.81. The average molecular weight is 263 g/mol. The van der Waals surface area contributed by atoms with Crippen molar-refractivity contribution in [1.29, 1.82) is 0 Å². The molecule has 0 amide bonds. The molecule has 0 radical (unpaired) electrons. The SMILES string of the molecule is O=c1c(Cl)nccn1CC1Cc2ccccc2O1. The van der Waals surface area contributed by atoms with Crippen LogP contribution in [0.15, 0.2) is 41.5 Å². The van der Waals surface area contributed by atoms with Crippen LogP contribution >= 0.6 is 11.6 Å². The standard InChI is InChI=1S/C13H11ClN2O2/c14-12-13(17)16(6-5-15-12)8-10-7-9-3-1-2-4-11(9)18-10/h1-6,10H,7-8H2. The summed E-state index contributed by atoms with van der Waals surface area (Å²) >= 11 is 5.70. The molecule has 18 heavy (non-hydrogen) atoms. The van der Waals surface area contributed by atoms with Crippen LogP contribution in [-0.4, -0.2) is 15.7 Å². The summed E-state index contributed by atoms with van der Waals surface area (Å²) in [7, 11) is 0. The fourth-order valence-electron chi connectivity index (χ4n) is 2.14. The van der Waals surface area contributed by atoms with E-state index in [1.165, 1.54) is 16.3 Å². The maximum Gasteiger partial charge on any atom is 0.288 e. The van der Waals surface area contributed by atoms with Gasteiger partial charge in [0.1, 0.15) is 11.9 Å². The van der Waals surface area contributed by atoms with E-state index in [2.05, 4.69) is 4.98 Å². The number of nitrogens with zero attached hydrogens (tertiary/aromatic N) is 2. The largest absolute Gasteiger partial charge is 0.488 e. The van der Waals surface area contributed by atoms with Crippen LogP contribution in [0.5, 0.6) is 5.75 Å². The third-order valence-corrected chi connectivity index (χ3v) is 3.25. The zero-order valence-corrected chi connectivity index (χ0v) is 10.3. The highest BCUT2D eigenvalue weighted by Crippen LogP contribution is 2.28. The monoisotopic (exact) mass is 262 g/mol. The molecule has 2 heterocycles. The molecule has 1 aromatic carbocycles. The van der Waals surface area contributed by atoms with E-state index in [9.17, 15) is 4.79 Å². The number of aromatic nitrogens is 2. The number of rotatable bonds is 2. The molecule has 1 atom stereocenters. The van der Waals surface area contributed by atoms with Crippen molar-refractivity contribution in [2.24, 2.45) is 0 Å². The molecule has 5 heteroatoms. The Kier molecular flexibility index (Phi) is 2.80. The first-order valence-electron chi connectivity index (χ1n) is 5.69. The molecular weight excluding hydrogens is 252 g/mol. The van der Waals surface area contributed by atoms with Gasteiger partial charge in [-0.05, 0) is 11.6 Å². The Morgan fingerprint density at radius 2 is 2.28 bits per heavy atom. The van der Waals surface area contributed by atoms with E-state index in [0.29, 0.717) is 6.54 Å². The van der Waals surface area contributed by atoms with Gasteiger partial charge < -0.3 is 9.30 Å². The molecule has 0 spiro atoms. The van der Waals surface area contributed by atoms with Crippen LogP contribution in [0.1, 0.15) is 5.56 Å². The van der Waals surface area contributed by atoms with Crippen molar-refractivity contribution in [1.82, 2.24) is 9.55 Å². The summed E-state index contributed by atoms with van der Waals surface area (Å²) < 4.78 is 7.32. The average Bonchev–Trinajstić information content (AvgIpc) is 2.77. The maximum atomic E-state index is 11.7. The number of halogens is 1. The van der Waals surface area contributed by atoms with Crippen LogP contribution < -0.4 is 10.3 Å². The molecule has 0 bridgehead atoms. The van der Waals surface area contributed by atoms with Gasteiger partial charge >= 0.3 is 0 Å². The second kappa shape index (κ2) is 4.46. The Labute approximate surface area is 109 Å². The fourth-order valence-corrected chi connectivity index (χ4v) is 2.30. The molecule has 92 valence electrons. The quantitative estimate of drug-likeness (QED) is 0.830. The van der Waals surface area contributed by atoms with E-state index in [4.69, 9.17) is 16.3 Å². The van der Waals surface area contributed by atoms with Gasteiger partial charge in [0, 0.05) is 18.8 Å². The Bertz CT molecular complexity index is 614.